The molecule has 2 aromatic heterocycles. The molecule has 0 radical (unpaired) electrons. The number of carbonyl (C=O) groups excluding carboxylic acids is 2. The number of halogens is 1. The molecule has 1 fully saturated rings. The maximum atomic E-state index is 12.9. The largest absolute Gasteiger partial charge is 0.450 e. The van der Waals surface area contributed by atoms with Gasteiger partial charge < -0.3 is 15.0 Å². The smallest absolute Gasteiger partial charge is 0.409 e. The second kappa shape index (κ2) is 7.65. The number of hydrogen-bond acceptors (Lipinski definition) is 4. The molecule has 0 aromatic carbocycles. The molecule has 2 amide bonds. The first-order valence-corrected chi connectivity index (χ1v) is 9.57. The van der Waals surface area contributed by atoms with Gasteiger partial charge in [0, 0.05) is 29.8 Å². The Balaban J connectivity index is 1.71. The lowest BCUT2D eigenvalue weighted by molar-refractivity contribution is 0.0855. The van der Waals surface area contributed by atoms with E-state index in [0.717, 1.165) is 15.7 Å². The molecule has 1 saturated heterocycles. The summed E-state index contributed by atoms with van der Waals surface area (Å²) in [7, 11) is 0. The van der Waals surface area contributed by atoms with Crippen LogP contribution in [0.25, 0.3) is 5.65 Å². The molecule has 8 heteroatoms. The van der Waals surface area contributed by atoms with Crippen LogP contribution in [0.1, 0.15) is 41.5 Å². The van der Waals surface area contributed by atoms with E-state index in [1.165, 1.54) is 0 Å². The molecule has 0 atom stereocenters. The van der Waals surface area contributed by atoms with E-state index in [1.54, 1.807) is 11.8 Å². The summed E-state index contributed by atoms with van der Waals surface area (Å²) in [6.45, 7) is 7.15. The van der Waals surface area contributed by atoms with Crippen molar-refractivity contribution in [3.63, 3.8) is 0 Å². The lowest BCUT2D eigenvalue weighted by Gasteiger charge is -2.31. The summed E-state index contributed by atoms with van der Waals surface area (Å²) >= 11 is 3.48. The van der Waals surface area contributed by atoms with Crippen LogP contribution in [0.5, 0.6) is 0 Å². The minimum atomic E-state index is -0.282. The van der Waals surface area contributed by atoms with E-state index in [0.29, 0.717) is 43.9 Å². The van der Waals surface area contributed by atoms with Gasteiger partial charge in [-0.2, -0.15) is 0 Å². The van der Waals surface area contributed by atoms with Crippen molar-refractivity contribution in [3.05, 3.63) is 33.7 Å². The topological polar surface area (TPSA) is 75.9 Å². The highest BCUT2D eigenvalue weighted by Gasteiger charge is 2.26. The lowest BCUT2D eigenvalue weighted by atomic mass is 10.1. The third-order valence-electron chi connectivity index (χ3n) is 4.62. The van der Waals surface area contributed by atoms with Crippen LogP contribution in [-0.2, 0) is 4.74 Å². The second-order valence-corrected chi connectivity index (χ2v) is 7.43. The SMILES string of the molecule is CCOC(=O)N1CCC(NC(=O)c2c(C)nc3c(C)cc(Br)cn23)CC1. The number of likely N-dealkylation sites (tertiary alicyclic amines) is 1. The van der Waals surface area contributed by atoms with Crippen LogP contribution < -0.4 is 5.32 Å². The molecule has 1 N–H and O–H groups in total. The van der Waals surface area contributed by atoms with Crippen molar-refractivity contribution in [1.29, 1.82) is 0 Å². The first-order chi connectivity index (χ1) is 12.4. The van der Waals surface area contributed by atoms with Crippen LogP contribution in [0.4, 0.5) is 4.79 Å². The van der Waals surface area contributed by atoms with E-state index in [2.05, 4.69) is 26.2 Å². The van der Waals surface area contributed by atoms with Gasteiger partial charge in [0.15, 0.2) is 0 Å². The average molecular weight is 423 g/mol. The van der Waals surface area contributed by atoms with Gasteiger partial charge in [0.05, 0.1) is 12.3 Å². The molecule has 3 rings (SSSR count). The quantitative estimate of drug-likeness (QED) is 0.824. The predicted molar refractivity (Wildman–Crippen MR) is 101 cm³/mol. The van der Waals surface area contributed by atoms with Crippen LogP contribution in [0.2, 0.25) is 0 Å². The van der Waals surface area contributed by atoms with Crippen molar-refractivity contribution in [2.24, 2.45) is 0 Å². The van der Waals surface area contributed by atoms with E-state index >= 15 is 0 Å². The van der Waals surface area contributed by atoms with Crippen molar-refractivity contribution in [3.8, 4) is 0 Å². The van der Waals surface area contributed by atoms with Crippen molar-refractivity contribution in [2.75, 3.05) is 19.7 Å². The number of nitrogens with zero attached hydrogens (tertiary/aromatic N) is 3. The Bertz CT molecular complexity index is 841. The fraction of sp³-hybridized carbons (Fsp3) is 0.500. The minimum Gasteiger partial charge on any atom is -0.450 e. The number of amides is 2. The highest BCUT2D eigenvalue weighted by Crippen LogP contribution is 2.21. The molecule has 7 nitrogen and oxygen atoms in total. The fourth-order valence-electron chi connectivity index (χ4n) is 3.33. The molecule has 26 heavy (non-hydrogen) atoms. The Labute approximate surface area is 160 Å². The van der Waals surface area contributed by atoms with Crippen LogP contribution >= 0.6 is 15.9 Å². The van der Waals surface area contributed by atoms with Gasteiger partial charge in [-0.25, -0.2) is 9.78 Å². The highest BCUT2D eigenvalue weighted by molar-refractivity contribution is 9.10. The summed E-state index contributed by atoms with van der Waals surface area (Å²) in [5.74, 6) is -0.137. The molecule has 2 aromatic rings. The Morgan fingerprint density at radius 1 is 1.35 bits per heavy atom. The maximum Gasteiger partial charge on any atom is 0.409 e. The normalized spacial score (nSPS) is 15.3. The summed E-state index contributed by atoms with van der Waals surface area (Å²) in [4.78, 5) is 30.8. The zero-order chi connectivity index (χ0) is 18.8. The highest BCUT2D eigenvalue weighted by atomic mass is 79.9. The van der Waals surface area contributed by atoms with Crippen LogP contribution in [0, 0.1) is 13.8 Å². The molecule has 1 aliphatic heterocycles. The zero-order valence-corrected chi connectivity index (χ0v) is 16.8. The van der Waals surface area contributed by atoms with E-state index in [-0.39, 0.29) is 18.0 Å². The third-order valence-corrected chi connectivity index (χ3v) is 5.05. The molecule has 1 aliphatic rings. The number of pyridine rings is 1. The van der Waals surface area contributed by atoms with Crippen LogP contribution in [0.3, 0.4) is 0 Å². The number of aryl methyl sites for hydroxylation is 2. The van der Waals surface area contributed by atoms with Crippen molar-refractivity contribution in [2.45, 2.75) is 39.7 Å². The number of carbonyl (C=O) groups is 2. The summed E-state index contributed by atoms with van der Waals surface area (Å²) in [5, 5.41) is 3.09. The first kappa shape index (κ1) is 18.7. The molecule has 0 saturated carbocycles. The van der Waals surface area contributed by atoms with Gasteiger partial charge in [0.25, 0.3) is 5.91 Å². The number of hydrogen-bond donors (Lipinski definition) is 1. The summed E-state index contributed by atoms with van der Waals surface area (Å²) < 4.78 is 7.76. The number of imidazole rings is 1. The van der Waals surface area contributed by atoms with Gasteiger partial charge in [-0.15, -0.1) is 0 Å². The van der Waals surface area contributed by atoms with Gasteiger partial charge >= 0.3 is 6.09 Å². The molecule has 0 bridgehead atoms. The van der Waals surface area contributed by atoms with Crippen molar-refractivity contribution in [1.82, 2.24) is 19.6 Å². The lowest BCUT2D eigenvalue weighted by Crippen LogP contribution is -2.47. The van der Waals surface area contributed by atoms with E-state index in [4.69, 9.17) is 4.74 Å². The number of piperidine rings is 1. The van der Waals surface area contributed by atoms with Crippen molar-refractivity contribution < 1.29 is 14.3 Å². The number of aromatic nitrogens is 2. The molecule has 0 aliphatic carbocycles. The Morgan fingerprint density at radius 2 is 2.04 bits per heavy atom. The molecule has 140 valence electrons. The average Bonchev–Trinajstić information content (AvgIpc) is 2.92. The van der Waals surface area contributed by atoms with Gasteiger partial charge in [-0.3, -0.25) is 9.20 Å². The van der Waals surface area contributed by atoms with Crippen molar-refractivity contribution >= 4 is 33.6 Å². The number of nitrogens with one attached hydrogen (secondary N) is 1. The van der Waals surface area contributed by atoms with Gasteiger partial charge in [-0.05, 0) is 61.2 Å². The molecule has 0 unspecified atom stereocenters. The third kappa shape index (κ3) is 3.70. The standard InChI is InChI=1S/C18H23BrN4O3/c1-4-26-18(25)22-7-5-14(6-8-22)21-17(24)15-12(3)20-16-11(2)9-13(19)10-23(15)16/h9-10,14H,4-8H2,1-3H3,(H,21,24). The Kier molecular flexibility index (Phi) is 5.50. The zero-order valence-electron chi connectivity index (χ0n) is 15.2. The monoisotopic (exact) mass is 422 g/mol. The number of fused-ring (bicyclic) bond motifs is 1. The van der Waals surface area contributed by atoms with Gasteiger partial charge in [-0.1, -0.05) is 0 Å². The molecule has 0 spiro atoms. The second-order valence-electron chi connectivity index (χ2n) is 6.51. The summed E-state index contributed by atoms with van der Waals surface area (Å²) in [5.41, 5.74) is 3.04. The predicted octanol–water partition coefficient (Wildman–Crippen LogP) is 3.06. The van der Waals surface area contributed by atoms with E-state index < -0.39 is 0 Å². The number of ether oxygens (including phenoxy) is 1. The van der Waals surface area contributed by atoms with Crippen LogP contribution in [0.15, 0.2) is 16.7 Å². The van der Waals surface area contributed by atoms with E-state index in [9.17, 15) is 9.59 Å². The maximum absolute atomic E-state index is 12.9. The Hall–Kier alpha value is -2.09. The molecular weight excluding hydrogens is 400 g/mol. The summed E-state index contributed by atoms with van der Waals surface area (Å²) in [6.07, 6.45) is 3.00. The number of rotatable bonds is 3. The molecular formula is C18H23BrN4O3. The van der Waals surface area contributed by atoms with Gasteiger partial charge in [0.1, 0.15) is 11.3 Å². The first-order valence-electron chi connectivity index (χ1n) is 8.78. The molecule has 3 heterocycles. The summed E-state index contributed by atoms with van der Waals surface area (Å²) in [6, 6.07) is 2.01. The van der Waals surface area contributed by atoms with Gasteiger partial charge in [0.2, 0.25) is 0 Å². The van der Waals surface area contributed by atoms with E-state index in [1.807, 2.05) is 30.5 Å². The fourth-order valence-corrected chi connectivity index (χ4v) is 3.88. The Morgan fingerprint density at radius 3 is 2.69 bits per heavy atom. The minimum absolute atomic E-state index is 0.0337. The van der Waals surface area contributed by atoms with Crippen LogP contribution in [-0.4, -0.2) is 52.0 Å².